The lowest BCUT2D eigenvalue weighted by molar-refractivity contribution is 0.253. The van der Waals surface area contributed by atoms with Gasteiger partial charge in [-0.25, -0.2) is 0 Å². The average Bonchev–Trinajstić information content (AvgIpc) is 2.33. The van der Waals surface area contributed by atoms with Crippen molar-refractivity contribution in [3.8, 4) is 0 Å². The molecule has 0 spiro atoms. The summed E-state index contributed by atoms with van der Waals surface area (Å²) in [6.45, 7) is 0. The Hall–Kier alpha value is -0.780. The highest BCUT2D eigenvalue weighted by Gasteiger charge is 2.21. The van der Waals surface area contributed by atoms with Gasteiger partial charge >= 0.3 is 0 Å². The van der Waals surface area contributed by atoms with E-state index in [1.165, 1.54) is 51.4 Å². The average molecular weight is 214 g/mol. The van der Waals surface area contributed by atoms with Gasteiger partial charge in [-0.3, -0.25) is 0 Å². The van der Waals surface area contributed by atoms with Crippen LogP contribution in [0.2, 0.25) is 0 Å². The predicted octanol–water partition coefficient (Wildman–Crippen LogP) is 4.37. The smallest absolute Gasteiger partial charge is 0.0276 e. The van der Waals surface area contributed by atoms with E-state index < -0.39 is 0 Å². The Morgan fingerprint density at radius 2 is 0.938 bits per heavy atom. The zero-order valence-electron chi connectivity index (χ0n) is 10.1. The van der Waals surface area contributed by atoms with Crippen LogP contribution in [-0.4, -0.2) is 0 Å². The predicted molar refractivity (Wildman–Crippen MR) is 68.5 cm³/mol. The van der Waals surface area contributed by atoms with Gasteiger partial charge in [-0.15, -0.1) is 0 Å². The molecule has 1 fully saturated rings. The van der Waals surface area contributed by atoms with Gasteiger partial charge in [-0.05, 0) is 48.6 Å². The first-order chi connectivity index (χ1) is 7.90. The first kappa shape index (κ1) is 10.4. The molecule has 1 aromatic carbocycles. The van der Waals surface area contributed by atoms with Gasteiger partial charge in [0.25, 0.3) is 0 Å². The van der Waals surface area contributed by atoms with Crippen molar-refractivity contribution < 1.29 is 0 Å². The minimum atomic E-state index is 1.02. The SMILES string of the molecule is c1cc2ccc1CCC1CCC(CC2)CC1. The van der Waals surface area contributed by atoms with Crippen LogP contribution >= 0.6 is 0 Å². The van der Waals surface area contributed by atoms with Gasteiger partial charge in [-0.1, -0.05) is 49.9 Å². The minimum Gasteiger partial charge on any atom is -0.0588 e. The van der Waals surface area contributed by atoms with E-state index in [0.717, 1.165) is 11.8 Å². The molecule has 0 unspecified atom stereocenters. The lowest BCUT2D eigenvalue weighted by Gasteiger charge is -2.29. The quantitative estimate of drug-likeness (QED) is 0.601. The van der Waals surface area contributed by atoms with Crippen molar-refractivity contribution in [1.82, 2.24) is 0 Å². The van der Waals surface area contributed by atoms with Crippen molar-refractivity contribution in [2.45, 2.75) is 51.4 Å². The van der Waals surface area contributed by atoms with E-state index in [0.29, 0.717) is 0 Å². The van der Waals surface area contributed by atoms with Gasteiger partial charge in [-0.2, -0.15) is 0 Å². The zero-order valence-corrected chi connectivity index (χ0v) is 10.1. The summed E-state index contributed by atoms with van der Waals surface area (Å²) in [6, 6.07) is 9.41. The van der Waals surface area contributed by atoms with E-state index in [9.17, 15) is 0 Å². The summed E-state index contributed by atoms with van der Waals surface area (Å²) < 4.78 is 0. The van der Waals surface area contributed by atoms with E-state index in [1.807, 2.05) is 0 Å². The normalized spacial score (nSPS) is 29.8. The second-order valence-electron chi connectivity index (χ2n) is 5.78. The van der Waals surface area contributed by atoms with Crippen molar-refractivity contribution in [2.24, 2.45) is 11.8 Å². The van der Waals surface area contributed by atoms with Crippen LogP contribution in [0.15, 0.2) is 24.3 Å². The summed E-state index contributed by atoms with van der Waals surface area (Å²) in [6.07, 6.45) is 11.5. The fourth-order valence-electron chi connectivity index (χ4n) is 3.42. The number of benzene rings is 1. The molecule has 86 valence electrons. The third-order valence-electron chi connectivity index (χ3n) is 4.67. The van der Waals surface area contributed by atoms with Crippen molar-refractivity contribution in [2.75, 3.05) is 0 Å². The van der Waals surface area contributed by atoms with E-state index in [-0.39, 0.29) is 0 Å². The van der Waals surface area contributed by atoms with Crippen LogP contribution in [0.5, 0.6) is 0 Å². The van der Waals surface area contributed by atoms with Gasteiger partial charge in [0.1, 0.15) is 0 Å². The number of hydrogen-bond donors (Lipinski definition) is 0. The Bertz CT molecular complexity index is 293. The first-order valence-electron chi connectivity index (χ1n) is 6.98. The Labute approximate surface area is 99.1 Å². The van der Waals surface area contributed by atoms with Crippen molar-refractivity contribution in [1.29, 1.82) is 0 Å². The molecule has 16 heavy (non-hydrogen) atoms. The van der Waals surface area contributed by atoms with Crippen LogP contribution in [-0.2, 0) is 12.8 Å². The fourth-order valence-corrected chi connectivity index (χ4v) is 3.42. The third kappa shape index (κ3) is 2.31. The minimum absolute atomic E-state index is 1.02. The third-order valence-corrected chi connectivity index (χ3v) is 4.67. The largest absolute Gasteiger partial charge is 0.0588 e. The maximum atomic E-state index is 2.35. The van der Waals surface area contributed by atoms with Crippen LogP contribution < -0.4 is 0 Å². The van der Waals surface area contributed by atoms with Gasteiger partial charge in [0.05, 0.1) is 0 Å². The highest BCUT2D eigenvalue weighted by Crippen LogP contribution is 2.34. The Balaban J connectivity index is 1.80. The van der Waals surface area contributed by atoms with Gasteiger partial charge in [0.2, 0.25) is 0 Å². The molecule has 1 aromatic rings. The van der Waals surface area contributed by atoms with Crippen molar-refractivity contribution >= 4 is 0 Å². The van der Waals surface area contributed by atoms with Crippen molar-refractivity contribution in [3.63, 3.8) is 0 Å². The Morgan fingerprint density at radius 3 is 1.31 bits per heavy atom. The van der Waals surface area contributed by atoms with Crippen LogP contribution in [0, 0.1) is 11.8 Å². The summed E-state index contributed by atoms with van der Waals surface area (Å²) in [4.78, 5) is 0. The molecular weight excluding hydrogens is 192 g/mol. The monoisotopic (exact) mass is 214 g/mol. The molecule has 0 heterocycles. The molecule has 0 saturated heterocycles. The molecule has 1 saturated carbocycles. The van der Waals surface area contributed by atoms with Crippen LogP contribution in [0.3, 0.4) is 0 Å². The van der Waals surface area contributed by atoms with Gasteiger partial charge in [0.15, 0.2) is 0 Å². The number of hydrogen-bond acceptors (Lipinski definition) is 0. The Kier molecular flexibility index (Phi) is 2.99. The molecule has 0 N–H and O–H groups in total. The molecule has 0 heteroatoms. The second kappa shape index (κ2) is 4.61. The molecule has 6 rings (SSSR count). The van der Waals surface area contributed by atoms with Crippen molar-refractivity contribution in [3.05, 3.63) is 35.4 Å². The maximum absolute atomic E-state index is 2.35. The topological polar surface area (TPSA) is 0 Å². The summed E-state index contributed by atoms with van der Waals surface area (Å²) in [5, 5.41) is 0. The number of rotatable bonds is 0. The highest BCUT2D eigenvalue weighted by atomic mass is 14.3. The van der Waals surface area contributed by atoms with Crippen LogP contribution in [0.25, 0.3) is 0 Å². The van der Waals surface area contributed by atoms with E-state index in [4.69, 9.17) is 0 Å². The first-order valence-corrected chi connectivity index (χ1v) is 6.98. The standard InChI is InChI=1S/C16H22/c1-2-14-4-3-13(1)9-10-15-5-7-16(8-6-15)12-11-14/h1-4,15-16H,5-12H2. The molecule has 0 atom stereocenters. The lowest BCUT2D eigenvalue weighted by Crippen LogP contribution is -2.16. The van der Waals surface area contributed by atoms with Crippen LogP contribution in [0.4, 0.5) is 0 Å². The molecule has 5 aliphatic rings. The molecule has 0 aliphatic heterocycles. The van der Waals surface area contributed by atoms with Gasteiger partial charge < -0.3 is 0 Å². The van der Waals surface area contributed by atoms with Crippen LogP contribution in [0.1, 0.15) is 49.7 Å². The molecule has 0 nitrogen and oxygen atoms in total. The lowest BCUT2D eigenvalue weighted by atomic mass is 9.77. The highest BCUT2D eigenvalue weighted by molar-refractivity contribution is 5.23. The number of aryl methyl sites for hydroxylation is 2. The molecule has 0 radical (unpaired) electrons. The zero-order chi connectivity index (χ0) is 10.8. The Morgan fingerprint density at radius 1 is 0.562 bits per heavy atom. The molecule has 0 aromatic heterocycles. The fraction of sp³-hybridized carbons (Fsp3) is 0.625. The molecule has 5 aliphatic carbocycles. The molecule has 0 amide bonds. The summed E-state index contributed by atoms with van der Waals surface area (Å²) in [7, 11) is 0. The van der Waals surface area contributed by atoms with E-state index in [1.54, 1.807) is 11.1 Å². The van der Waals surface area contributed by atoms with Gasteiger partial charge in [0, 0.05) is 0 Å². The maximum Gasteiger partial charge on any atom is -0.0276 e. The van der Waals surface area contributed by atoms with E-state index in [2.05, 4.69) is 24.3 Å². The molecule has 4 bridgehead atoms. The summed E-state index contributed by atoms with van der Waals surface area (Å²) in [5.41, 5.74) is 3.10. The summed E-state index contributed by atoms with van der Waals surface area (Å²) in [5.74, 6) is 2.05. The molecular formula is C16H22. The summed E-state index contributed by atoms with van der Waals surface area (Å²) >= 11 is 0. The second-order valence-corrected chi connectivity index (χ2v) is 5.78. The van der Waals surface area contributed by atoms with E-state index >= 15 is 0 Å².